The molecule has 1 aliphatic heterocycles. The summed E-state index contributed by atoms with van der Waals surface area (Å²) in [5.74, 6) is -0.214. The molecule has 2 aromatic carbocycles. The summed E-state index contributed by atoms with van der Waals surface area (Å²) in [6, 6.07) is 21.1. The van der Waals surface area contributed by atoms with Crippen molar-refractivity contribution in [1.29, 1.82) is 0 Å². The standard InChI is InChI=1S/C24H20N6O4S/c1-24(16-9-4-2-5-10-16)21(32)30(22(33)25-24)28-19(31)15-35-23-27-26-20(18-13-8-14-34-18)29(23)17-11-6-3-7-12-17/h2-14H,15H2,1H3,(H,25,33)(H,28,31). The Kier molecular flexibility index (Phi) is 5.83. The molecule has 5 rings (SSSR count). The summed E-state index contributed by atoms with van der Waals surface area (Å²) in [7, 11) is 0. The van der Waals surface area contributed by atoms with E-state index in [9.17, 15) is 14.4 Å². The number of carbonyl (C=O) groups excluding carboxylic acids is 3. The van der Waals surface area contributed by atoms with E-state index in [1.807, 2.05) is 36.4 Å². The van der Waals surface area contributed by atoms with Gasteiger partial charge in [0.05, 0.1) is 12.0 Å². The van der Waals surface area contributed by atoms with Gasteiger partial charge in [-0.3, -0.25) is 19.6 Å². The zero-order valence-electron chi connectivity index (χ0n) is 18.5. The molecule has 11 heteroatoms. The molecule has 1 atom stereocenters. The van der Waals surface area contributed by atoms with Gasteiger partial charge < -0.3 is 9.73 Å². The summed E-state index contributed by atoms with van der Waals surface area (Å²) >= 11 is 1.12. The zero-order valence-corrected chi connectivity index (χ0v) is 19.4. The van der Waals surface area contributed by atoms with Crippen molar-refractivity contribution < 1.29 is 18.8 Å². The molecular weight excluding hydrogens is 468 g/mol. The van der Waals surface area contributed by atoms with Crippen LogP contribution >= 0.6 is 11.8 Å². The number of para-hydroxylation sites is 1. The molecule has 0 saturated carbocycles. The van der Waals surface area contributed by atoms with Crippen molar-refractivity contribution in [1.82, 2.24) is 30.5 Å². The van der Waals surface area contributed by atoms with Crippen LogP contribution < -0.4 is 10.7 Å². The Balaban J connectivity index is 1.32. The van der Waals surface area contributed by atoms with Gasteiger partial charge in [-0.15, -0.1) is 10.2 Å². The number of amides is 4. The highest BCUT2D eigenvalue weighted by molar-refractivity contribution is 7.99. The van der Waals surface area contributed by atoms with Crippen molar-refractivity contribution >= 4 is 29.6 Å². The average Bonchev–Trinajstić information content (AvgIpc) is 3.60. The fraction of sp³-hybridized carbons (Fsp3) is 0.125. The Labute approximate surface area is 204 Å². The van der Waals surface area contributed by atoms with Crippen LogP contribution in [0.5, 0.6) is 0 Å². The highest BCUT2D eigenvalue weighted by Crippen LogP contribution is 2.29. The van der Waals surface area contributed by atoms with E-state index in [1.165, 1.54) is 0 Å². The Hall–Kier alpha value is -4.38. The monoisotopic (exact) mass is 488 g/mol. The number of urea groups is 1. The van der Waals surface area contributed by atoms with Crippen molar-refractivity contribution in [2.75, 3.05) is 5.75 Å². The number of imide groups is 1. The van der Waals surface area contributed by atoms with E-state index in [0.29, 0.717) is 27.3 Å². The predicted molar refractivity (Wildman–Crippen MR) is 127 cm³/mol. The van der Waals surface area contributed by atoms with Crippen molar-refractivity contribution in [3.8, 4) is 17.3 Å². The molecular formula is C24H20N6O4S. The first-order valence-electron chi connectivity index (χ1n) is 10.7. The number of carbonyl (C=O) groups is 3. The van der Waals surface area contributed by atoms with E-state index < -0.39 is 23.4 Å². The van der Waals surface area contributed by atoms with Crippen molar-refractivity contribution in [3.63, 3.8) is 0 Å². The van der Waals surface area contributed by atoms with E-state index in [1.54, 1.807) is 54.2 Å². The number of furan rings is 1. The van der Waals surface area contributed by atoms with Crippen LogP contribution in [0.4, 0.5) is 4.79 Å². The summed E-state index contributed by atoms with van der Waals surface area (Å²) in [5.41, 5.74) is 2.54. The van der Waals surface area contributed by atoms with Gasteiger partial charge in [-0.2, -0.15) is 5.01 Å². The fourth-order valence-corrected chi connectivity index (χ4v) is 4.48. The van der Waals surface area contributed by atoms with E-state index in [-0.39, 0.29) is 5.75 Å². The lowest BCUT2D eigenvalue weighted by molar-refractivity contribution is -0.138. The Morgan fingerprint density at radius 1 is 1.03 bits per heavy atom. The minimum absolute atomic E-state index is 0.109. The molecule has 4 aromatic rings. The van der Waals surface area contributed by atoms with Gasteiger partial charge in [0.1, 0.15) is 5.54 Å². The van der Waals surface area contributed by atoms with E-state index in [4.69, 9.17) is 4.42 Å². The molecule has 2 N–H and O–H groups in total. The molecule has 35 heavy (non-hydrogen) atoms. The summed E-state index contributed by atoms with van der Waals surface area (Å²) in [6.45, 7) is 1.60. The lowest BCUT2D eigenvalue weighted by Crippen LogP contribution is -2.48. The van der Waals surface area contributed by atoms with Crippen LogP contribution in [-0.4, -0.2) is 43.4 Å². The second kappa shape index (κ2) is 9.11. The number of hydrazine groups is 1. The quantitative estimate of drug-likeness (QED) is 0.303. The molecule has 0 spiro atoms. The van der Waals surface area contributed by atoms with Crippen LogP contribution in [0, 0.1) is 0 Å². The van der Waals surface area contributed by atoms with Gasteiger partial charge >= 0.3 is 6.03 Å². The Morgan fingerprint density at radius 3 is 2.43 bits per heavy atom. The van der Waals surface area contributed by atoms with Gasteiger partial charge in [-0.25, -0.2) is 4.79 Å². The molecule has 1 aliphatic rings. The van der Waals surface area contributed by atoms with Gasteiger partial charge in [0.15, 0.2) is 10.9 Å². The Bertz CT molecular complexity index is 1370. The van der Waals surface area contributed by atoms with Crippen molar-refractivity contribution in [2.45, 2.75) is 17.6 Å². The van der Waals surface area contributed by atoms with Crippen LogP contribution in [0.1, 0.15) is 12.5 Å². The second-order valence-corrected chi connectivity index (χ2v) is 8.78. The van der Waals surface area contributed by atoms with Crippen molar-refractivity contribution in [3.05, 3.63) is 84.6 Å². The number of rotatable bonds is 7. The van der Waals surface area contributed by atoms with Crippen molar-refractivity contribution in [2.24, 2.45) is 0 Å². The number of nitrogens with zero attached hydrogens (tertiary/aromatic N) is 4. The van der Waals surface area contributed by atoms with Gasteiger partial charge in [0.2, 0.25) is 11.7 Å². The molecule has 0 aliphatic carbocycles. The maximum Gasteiger partial charge on any atom is 0.344 e. The van der Waals surface area contributed by atoms with Gasteiger partial charge in [-0.1, -0.05) is 60.3 Å². The molecule has 0 radical (unpaired) electrons. The summed E-state index contributed by atoms with van der Waals surface area (Å²) in [5, 5.41) is 12.3. The van der Waals surface area contributed by atoms with Crippen LogP contribution in [0.15, 0.2) is 88.6 Å². The predicted octanol–water partition coefficient (Wildman–Crippen LogP) is 3.12. The summed E-state index contributed by atoms with van der Waals surface area (Å²) in [6.07, 6.45) is 1.54. The smallest absolute Gasteiger partial charge is 0.344 e. The highest BCUT2D eigenvalue weighted by atomic mass is 32.2. The molecule has 0 bridgehead atoms. The van der Waals surface area contributed by atoms with Crippen LogP contribution in [0.2, 0.25) is 0 Å². The largest absolute Gasteiger partial charge is 0.461 e. The normalized spacial score (nSPS) is 17.5. The number of aromatic nitrogens is 3. The lowest BCUT2D eigenvalue weighted by Gasteiger charge is -2.22. The number of nitrogens with one attached hydrogen (secondary N) is 2. The van der Waals surface area contributed by atoms with Crippen LogP contribution in [0.25, 0.3) is 17.3 Å². The number of benzene rings is 2. The maximum absolute atomic E-state index is 13.0. The van der Waals surface area contributed by atoms with Crippen LogP contribution in [0.3, 0.4) is 0 Å². The lowest BCUT2D eigenvalue weighted by atomic mass is 9.92. The third kappa shape index (κ3) is 4.17. The first kappa shape index (κ1) is 22.4. The van der Waals surface area contributed by atoms with E-state index >= 15 is 0 Å². The third-order valence-electron chi connectivity index (χ3n) is 5.50. The first-order valence-corrected chi connectivity index (χ1v) is 11.6. The number of thioether (sulfide) groups is 1. The molecule has 2 aromatic heterocycles. The highest BCUT2D eigenvalue weighted by Gasteiger charge is 2.49. The van der Waals surface area contributed by atoms with E-state index in [2.05, 4.69) is 20.9 Å². The molecule has 176 valence electrons. The molecule has 10 nitrogen and oxygen atoms in total. The minimum atomic E-state index is -1.27. The topological polar surface area (TPSA) is 122 Å². The first-order chi connectivity index (χ1) is 17.0. The van der Waals surface area contributed by atoms with Gasteiger partial charge in [-0.05, 0) is 36.8 Å². The molecule has 3 heterocycles. The third-order valence-corrected chi connectivity index (χ3v) is 6.43. The average molecular weight is 489 g/mol. The Morgan fingerprint density at radius 2 is 1.74 bits per heavy atom. The zero-order chi connectivity index (χ0) is 24.4. The number of hydrogen-bond donors (Lipinski definition) is 2. The molecule has 1 saturated heterocycles. The van der Waals surface area contributed by atoms with Crippen LogP contribution in [-0.2, 0) is 15.1 Å². The summed E-state index contributed by atoms with van der Waals surface area (Å²) < 4.78 is 7.26. The second-order valence-electron chi connectivity index (χ2n) is 7.84. The summed E-state index contributed by atoms with van der Waals surface area (Å²) in [4.78, 5) is 38.2. The minimum Gasteiger partial charge on any atom is -0.461 e. The van der Waals surface area contributed by atoms with Gasteiger partial charge in [0, 0.05) is 5.69 Å². The maximum atomic E-state index is 13.0. The SMILES string of the molecule is CC1(c2ccccc2)NC(=O)N(NC(=O)CSc2nnc(-c3ccco3)n2-c2ccccc2)C1=O. The van der Waals surface area contributed by atoms with E-state index in [0.717, 1.165) is 17.4 Å². The molecule has 4 amide bonds. The number of hydrogen-bond acceptors (Lipinski definition) is 7. The van der Waals surface area contributed by atoms with Gasteiger partial charge in [0.25, 0.3) is 5.91 Å². The molecule has 1 fully saturated rings. The molecule has 1 unspecified atom stereocenters. The fourth-order valence-electron chi connectivity index (χ4n) is 3.73.